The Morgan fingerprint density at radius 3 is 2.59 bits per heavy atom. The molecule has 0 heterocycles. The summed E-state index contributed by atoms with van der Waals surface area (Å²) in [5, 5.41) is 0. The van der Waals surface area contributed by atoms with Crippen LogP contribution in [0, 0.1) is 5.82 Å². The molecule has 116 valence electrons. The van der Waals surface area contributed by atoms with Crippen molar-refractivity contribution in [2.75, 3.05) is 20.6 Å². The molecule has 0 amide bonds. The van der Waals surface area contributed by atoms with Gasteiger partial charge in [0.2, 0.25) is 0 Å². The highest BCUT2D eigenvalue weighted by Crippen LogP contribution is 2.40. The highest BCUT2D eigenvalue weighted by molar-refractivity contribution is 5.46. The minimum atomic E-state index is -0.128. The number of halogens is 1. The average molecular weight is 297 g/mol. The van der Waals surface area contributed by atoms with E-state index in [1.807, 2.05) is 6.07 Å². The van der Waals surface area contributed by atoms with Crippen LogP contribution in [-0.2, 0) is 6.42 Å². The van der Waals surface area contributed by atoms with Crippen LogP contribution in [0.3, 0.4) is 0 Å². The maximum Gasteiger partial charge on any atom is 0.123 e. The minimum absolute atomic E-state index is 0.128. The Balaban J connectivity index is 2.07. The number of benzene rings is 2. The van der Waals surface area contributed by atoms with Gasteiger partial charge in [-0.05, 0) is 73.8 Å². The number of rotatable bonds is 3. The molecule has 22 heavy (non-hydrogen) atoms. The first kappa shape index (κ1) is 15.2. The monoisotopic (exact) mass is 297 g/mol. The minimum Gasteiger partial charge on any atom is -0.309 e. The lowest BCUT2D eigenvalue weighted by molar-refractivity contribution is 0.379. The van der Waals surface area contributed by atoms with Crippen molar-refractivity contribution in [1.82, 2.24) is 4.90 Å². The number of nitrogens with zero attached hydrogens (tertiary/aromatic N) is 1. The van der Waals surface area contributed by atoms with Crippen molar-refractivity contribution in [3.05, 3.63) is 70.5 Å². The molecule has 0 aliphatic heterocycles. The van der Waals surface area contributed by atoms with Crippen LogP contribution in [0.5, 0.6) is 0 Å². The van der Waals surface area contributed by atoms with Crippen molar-refractivity contribution in [3.63, 3.8) is 0 Å². The fourth-order valence-corrected chi connectivity index (χ4v) is 3.65. The summed E-state index contributed by atoms with van der Waals surface area (Å²) in [6.07, 6.45) is 2.15. The molecule has 2 atom stereocenters. The quantitative estimate of drug-likeness (QED) is 0.802. The van der Waals surface area contributed by atoms with E-state index in [1.165, 1.54) is 16.7 Å². The molecule has 1 nitrogen and oxygen atoms in total. The van der Waals surface area contributed by atoms with Crippen molar-refractivity contribution in [2.24, 2.45) is 0 Å². The predicted octanol–water partition coefficient (Wildman–Crippen LogP) is 4.57. The van der Waals surface area contributed by atoms with Crippen molar-refractivity contribution in [1.29, 1.82) is 0 Å². The van der Waals surface area contributed by atoms with Crippen molar-refractivity contribution < 1.29 is 4.39 Å². The van der Waals surface area contributed by atoms with E-state index < -0.39 is 0 Å². The highest BCUT2D eigenvalue weighted by Gasteiger charge is 2.26. The molecule has 0 N–H and O–H groups in total. The Morgan fingerprint density at radius 1 is 1.05 bits per heavy atom. The highest BCUT2D eigenvalue weighted by atomic mass is 19.1. The fourth-order valence-electron chi connectivity index (χ4n) is 3.65. The summed E-state index contributed by atoms with van der Waals surface area (Å²) in [6, 6.07) is 14.0. The van der Waals surface area contributed by atoms with E-state index in [4.69, 9.17) is 0 Å². The van der Waals surface area contributed by atoms with E-state index in [0.29, 0.717) is 5.92 Å². The van der Waals surface area contributed by atoms with Gasteiger partial charge in [-0.25, -0.2) is 4.39 Å². The molecule has 2 aromatic rings. The Bertz CT molecular complexity index is 663. The van der Waals surface area contributed by atoms with Gasteiger partial charge in [-0.15, -0.1) is 0 Å². The summed E-state index contributed by atoms with van der Waals surface area (Å²) >= 11 is 0. The first-order valence-corrected chi connectivity index (χ1v) is 8.08. The van der Waals surface area contributed by atoms with Crippen LogP contribution >= 0.6 is 0 Å². The lowest BCUT2D eigenvalue weighted by atomic mass is 9.86. The molecule has 0 saturated heterocycles. The summed E-state index contributed by atoms with van der Waals surface area (Å²) < 4.78 is 13.8. The fraction of sp³-hybridized carbons (Fsp3) is 0.400. The standard InChI is InChI=1S/C20H24FN/c1-14-18-7-5-4-6-15(18)12-16(10-11-22(2)3)19-9-8-17(21)13-20(14)19/h4-9,13-14,16H,10-12H2,1-3H3. The Labute approximate surface area is 132 Å². The molecule has 0 bridgehead atoms. The van der Waals surface area contributed by atoms with E-state index in [-0.39, 0.29) is 11.7 Å². The first-order chi connectivity index (χ1) is 10.6. The SMILES string of the molecule is CC1c2ccccc2CC(CCN(C)C)c2ccc(F)cc21. The first-order valence-electron chi connectivity index (χ1n) is 8.08. The van der Waals surface area contributed by atoms with Crippen LogP contribution in [0.25, 0.3) is 0 Å². The van der Waals surface area contributed by atoms with Gasteiger partial charge in [0, 0.05) is 5.92 Å². The Morgan fingerprint density at radius 2 is 1.82 bits per heavy atom. The molecule has 0 radical (unpaired) electrons. The lowest BCUT2D eigenvalue weighted by Gasteiger charge is -2.21. The third-order valence-corrected chi connectivity index (χ3v) is 4.87. The summed E-state index contributed by atoms with van der Waals surface area (Å²) in [6.45, 7) is 3.25. The summed E-state index contributed by atoms with van der Waals surface area (Å²) in [5.41, 5.74) is 5.25. The second kappa shape index (κ2) is 6.21. The second-order valence-corrected chi connectivity index (χ2v) is 6.69. The summed E-state index contributed by atoms with van der Waals surface area (Å²) in [7, 11) is 4.22. The van der Waals surface area contributed by atoms with Crippen molar-refractivity contribution >= 4 is 0 Å². The summed E-state index contributed by atoms with van der Waals surface area (Å²) in [5.74, 6) is 0.590. The van der Waals surface area contributed by atoms with Gasteiger partial charge >= 0.3 is 0 Å². The maximum absolute atomic E-state index is 13.8. The van der Waals surface area contributed by atoms with Crippen LogP contribution in [-0.4, -0.2) is 25.5 Å². The molecule has 2 unspecified atom stereocenters. The number of fused-ring (bicyclic) bond motifs is 2. The topological polar surface area (TPSA) is 3.24 Å². The molecule has 0 fully saturated rings. The van der Waals surface area contributed by atoms with Gasteiger partial charge in [-0.3, -0.25) is 0 Å². The molecule has 1 aliphatic rings. The third kappa shape index (κ3) is 2.93. The molecular formula is C20H24FN. The molecule has 2 aromatic carbocycles. The third-order valence-electron chi connectivity index (χ3n) is 4.87. The molecule has 0 aromatic heterocycles. The van der Waals surface area contributed by atoms with Crippen LogP contribution < -0.4 is 0 Å². The van der Waals surface area contributed by atoms with Crippen LogP contribution in [0.2, 0.25) is 0 Å². The maximum atomic E-state index is 13.8. The van der Waals surface area contributed by atoms with E-state index in [9.17, 15) is 4.39 Å². The van der Waals surface area contributed by atoms with Crippen LogP contribution in [0.1, 0.15) is 47.4 Å². The molecular weight excluding hydrogens is 273 g/mol. The van der Waals surface area contributed by atoms with Gasteiger partial charge < -0.3 is 4.90 Å². The zero-order chi connectivity index (χ0) is 15.7. The smallest absolute Gasteiger partial charge is 0.123 e. The predicted molar refractivity (Wildman–Crippen MR) is 90.0 cm³/mol. The van der Waals surface area contributed by atoms with Crippen LogP contribution in [0.4, 0.5) is 4.39 Å². The van der Waals surface area contributed by atoms with Gasteiger partial charge in [0.1, 0.15) is 5.82 Å². The molecule has 1 aliphatic carbocycles. The van der Waals surface area contributed by atoms with E-state index in [2.05, 4.69) is 50.2 Å². The molecule has 0 spiro atoms. The van der Waals surface area contributed by atoms with Crippen LogP contribution in [0.15, 0.2) is 42.5 Å². The van der Waals surface area contributed by atoms with Gasteiger partial charge in [-0.2, -0.15) is 0 Å². The number of hydrogen-bond acceptors (Lipinski definition) is 1. The largest absolute Gasteiger partial charge is 0.309 e. The Hall–Kier alpha value is -1.67. The second-order valence-electron chi connectivity index (χ2n) is 6.69. The average Bonchev–Trinajstić information content (AvgIpc) is 2.61. The zero-order valence-electron chi connectivity index (χ0n) is 13.6. The molecule has 0 saturated carbocycles. The molecule has 2 heteroatoms. The van der Waals surface area contributed by atoms with Crippen molar-refractivity contribution in [2.45, 2.75) is 31.6 Å². The van der Waals surface area contributed by atoms with Gasteiger partial charge in [-0.1, -0.05) is 37.3 Å². The lowest BCUT2D eigenvalue weighted by Crippen LogP contribution is -2.17. The van der Waals surface area contributed by atoms with E-state index in [1.54, 1.807) is 12.1 Å². The Kier molecular flexibility index (Phi) is 4.30. The van der Waals surface area contributed by atoms with Gasteiger partial charge in [0.05, 0.1) is 0 Å². The summed E-state index contributed by atoms with van der Waals surface area (Å²) in [4.78, 5) is 2.23. The van der Waals surface area contributed by atoms with Gasteiger partial charge in [0.15, 0.2) is 0 Å². The van der Waals surface area contributed by atoms with Gasteiger partial charge in [0.25, 0.3) is 0 Å². The normalized spacial score (nSPS) is 20.4. The zero-order valence-corrected chi connectivity index (χ0v) is 13.6. The number of hydrogen-bond donors (Lipinski definition) is 0. The van der Waals surface area contributed by atoms with E-state index in [0.717, 1.165) is 24.9 Å². The van der Waals surface area contributed by atoms with Crippen molar-refractivity contribution in [3.8, 4) is 0 Å². The molecule has 3 rings (SSSR count). The van der Waals surface area contributed by atoms with E-state index >= 15 is 0 Å².